The molecule has 7 heteroatoms. The number of piperidine rings is 1. The number of likely N-dealkylation sites (tertiary alicyclic amines) is 1. The van der Waals surface area contributed by atoms with E-state index in [2.05, 4.69) is 25.2 Å². The van der Waals surface area contributed by atoms with E-state index in [1.807, 2.05) is 36.7 Å². The summed E-state index contributed by atoms with van der Waals surface area (Å²) in [5.74, 6) is 0.409. The number of carbonyl (C=O) groups is 1. The highest BCUT2D eigenvalue weighted by Gasteiger charge is 2.22. The second-order valence-corrected chi connectivity index (χ2v) is 6.30. The summed E-state index contributed by atoms with van der Waals surface area (Å²) < 4.78 is 1.75. The minimum atomic E-state index is -0.131. The number of hydrogen-bond acceptors (Lipinski definition) is 5. The molecule has 3 aromatic heterocycles. The van der Waals surface area contributed by atoms with Crippen molar-refractivity contribution in [2.75, 3.05) is 13.1 Å². The number of carbonyl (C=O) groups excluding carboxylic acids is 1. The summed E-state index contributed by atoms with van der Waals surface area (Å²) >= 11 is 0. The maximum absolute atomic E-state index is 12.4. The van der Waals surface area contributed by atoms with Gasteiger partial charge in [-0.15, -0.1) is 0 Å². The summed E-state index contributed by atoms with van der Waals surface area (Å²) in [7, 11) is 0. The Hall–Kier alpha value is -2.80. The second kappa shape index (κ2) is 6.98. The molecular formula is C18H20N6O. The number of pyridine rings is 1. The molecular weight excluding hydrogens is 316 g/mol. The SMILES string of the molecule is O=C(NC1CCN(Cc2ccccn2)CC1)c1cn2cccnc2n1. The topological polar surface area (TPSA) is 75.4 Å². The Bertz CT molecular complexity index is 821. The number of nitrogens with zero attached hydrogens (tertiary/aromatic N) is 5. The smallest absolute Gasteiger partial charge is 0.271 e. The van der Waals surface area contributed by atoms with Gasteiger partial charge in [-0.2, -0.15) is 0 Å². The van der Waals surface area contributed by atoms with E-state index in [0.29, 0.717) is 11.5 Å². The van der Waals surface area contributed by atoms with Gasteiger partial charge in [0.25, 0.3) is 5.91 Å². The molecule has 1 aliphatic heterocycles. The van der Waals surface area contributed by atoms with Crippen LogP contribution in [0.15, 0.2) is 49.1 Å². The molecule has 3 aromatic rings. The van der Waals surface area contributed by atoms with Gasteiger partial charge in [0.15, 0.2) is 0 Å². The van der Waals surface area contributed by atoms with Crippen LogP contribution in [0.25, 0.3) is 5.78 Å². The molecule has 1 N–H and O–H groups in total. The third kappa shape index (κ3) is 3.66. The monoisotopic (exact) mass is 336 g/mol. The van der Waals surface area contributed by atoms with Crippen LogP contribution in [0.4, 0.5) is 0 Å². The van der Waals surface area contributed by atoms with E-state index in [-0.39, 0.29) is 11.9 Å². The lowest BCUT2D eigenvalue weighted by Crippen LogP contribution is -2.44. The Labute approximate surface area is 145 Å². The van der Waals surface area contributed by atoms with Crippen LogP contribution >= 0.6 is 0 Å². The standard InChI is InChI=1S/C18H20N6O/c25-17(16-13-24-9-3-8-20-18(24)22-16)21-14-5-10-23(11-6-14)12-15-4-1-2-7-19-15/h1-4,7-9,13-14H,5-6,10-12H2,(H,21,25). The predicted octanol–water partition coefficient (Wildman–Crippen LogP) is 1.52. The predicted molar refractivity (Wildman–Crippen MR) is 93.0 cm³/mol. The lowest BCUT2D eigenvalue weighted by molar-refractivity contribution is 0.0904. The summed E-state index contributed by atoms with van der Waals surface area (Å²) in [6.07, 6.45) is 8.91. The van der Waals surface area contributed by atoms with Crippen LogP contribution in [-0.4, -0.2) is 49.3 Å². The molecule has 1 aliphatic rings. The number of fused-ring (bicyclic) bond motifs is 1. The first-order valence-corrected chi connectivity index (χ1v) is 8.51. The quantitative estimate of drug-likeness (QED) is 0.782. The molecule has 0 unspecified atom stereocenters. The van der Waals surface area contributed by atoms with Gasteiger partial charge in [-0.05, 0) is 31.0 Å². The molecule has 0 spiro atoms. The van der Waals surface area contributed by atoms with Crippen LogP contribution in [0.5, 0.6) is 0 Å². The number of amides is 1. The van der Waals surface area contributed by atoms with Gasteiger partial charge in [0.2, 0.25) is 5.78 Å². The summed E-state index contributed by atoms with van der Waals surface area (Å²) in [5, 5.41) is 3.10. The minimum Gasteiger partial charge on any atom is -0.348 e. The van der Waals surface area contributed by atoms with Gasteiger partial charge in [0.05, 0.1) is 5.69 Å². The first kappa shape index (κ1) is 15.7. The van der Waals surface area contributed by atoms with Crippen molar-refractivity contribution in [3.8, 4) is 0 Å². The van der Waals surface area contributed by atoms with Crippen LogP contribution in [0, 0.1) is 0 Å². The number of hydrogen-bond donors (Lipinski definition) is 1. The lowest BCUT2D eigenvalue weighted by Gasteiger charge is -2.31. The Morgan fingerprint density at radius 2 is 2.00 bits per heavy atom. The average molecular weight is 336 g/mol. The highest BCUT2D eigenvalue weighted by Crippen LogP contribution is 2.13. The van der Waals surface area contributed by atoms with Gasteiger partial charge in [-0.25, -0.2) is 9.97 Å². The first-order chi connectivity index (χ1) is 12.3. The van der Waals surface area contributed by atoms with Gasteiger partial charge in [-0.1, -0.05) is 6.07 Å². The van der Waals surface area contributed by atoms with E-state index in [9.17, 15) is 4.79 Å². The number of aromatic nitrogens is 4. The van der Waals surface area contributed by atoms with Crippen molar-refractivity contribution in [1.29, 1.82) is 0 Å². The van der Waals surface area contributed by atoms with Crippen molar-refractivity contribution < 1.29 is 4.79 Å². The van der Waals surface area contributed by atoms with Gasteiger partial charge < -0.3 is 5.32 Å². The van der Waals surface area contributed by atoms with E-state index in [1.165, 1.54) is 0 Å². The molecule has 7 nitrogen and oxygen atoms in total. The fourth-order valence-electron chi connectivity index (χ4n) is 3.15. The zero-order valence-electron chi connectivity index (χ0n) is 13.9. The van der Waals surface area contributed by atoms with Crippen molar-refractivity contribution in [2.24, 2.45) is 0 Å². The van der Waals surface area contributed by atoms with Crippen LogP contribution in [0.3, 0.4) is 0 Å². The first-order valence-electron chi connectivity index (χ1n) is 8.51. The van der Waals surface area contributed by atoms with Crippen LogP contribution in [-0.2, 0) is 6.54 Å². The van der Waals surface area contributed by atoms with E-state index in [0.717, 1.165) is 38.2 Å². The molecule has 4 heterocycles. The number of imidazole rings is 1. The van der Waals surface area contributed by atoms with Crippen LogP contribution in [0.2, 0.25) is 0 Å². The molecule has 128 valence electrons. The molecule has 0 atom stereocenters. The molecule has 0 bridgehead atoms. The molecule has 0 aliphatic carbocycles. The molecule has 1 amide bonds. The normalized spacial score (nSPS) is 16.2. The second-order valence-electron chi connectivity index (χ2n) is 6.30. The Morgan fingerprint density at radius 1 is 1.16 bits per heavy atom. The van der Waals surface area contributed by atoms with E-state index >= 15 is 0 Å². The highest BCUT2D eigenvalue weighted by atomic mass is 16.2. The van der Waals surface area contributed by atoms with Crippen LogP contribution in [0.1, 0.15) is 29.0 Å². The molecule has 1 fully saturated rings. The maximum atomic E-state index is 12.4. The Balaban J connectivity index is 1.31. The molecule has 4 rings (SSSR count). The third-order valence-corrected chi connectivity index (χ3v) is 4.50. The average Bonchev–Trinajstić information content (AvgIpc) is 3.09. The van der Waals surface area contributed by atoms with Crippen molar-refractivity contribution in [1.82, 2.24) is 29.6 Å². The maximum Gasteiger partial charge on any atom is 0.271 e. The van der Waals surface area contributed by atoms with Crippen molar-refractivity contribution in [3.05, 3.63) is 60.4 Å². The van der Waals surface area contributed by atoms with Gasteiger partial charge in [0.1, 0.15) is 5.69 Å². The largest absolute Gasteiger partial charge is 0.348 e. The fourth-order valence-corrected chi connectivity index (χ4v) is 3.15. The molecule has 25 heavy (non-hydrogen) atoms. The van der Waals surface area contributed by atoms with Crippen molar-refractivity contribution >= 4 is 11.7 Å². The van der Waals surface area contributed by atoms with E-state index < -0.39 is 0 Å². The van der Waals surface area contributed by atoms with E-state index in [4.69, 9.17) is 0 Å². The molecule has 0 radical (unpaired) electrons. The Morgan fingerprint density at radius 3 is 2.76 bits per heavy atom. The van der Waals surface area contributed by atoms with Crippen molar-refractivity contribution in [2.45, 2.75) is 25.4 Å². The highest BCUT2D eigenvalue weighted by molar-refractivity contribution is 5.92. The zero-order valence-corrected chi connectivity index (χ0v) is 13.9. The van der Waals surface area contributed by atoms with Gasteiger partial charge in [-0.3, -0.25) is 19.1 Å². The lowest BCUT2D eigenvalue weighted by atomic mass is 10.0. The van der Waals surface area contributed by atoms with E-state index in [1.54, 1.807) is 16.8 Å². The van der Waals surface area contributed by atoms with Crippen LogP contribution < -0.4 is 5.32 Å². The molecule has 0 saturated carbocycles. The summed E-state index contributed by atoms with van der Waals surface area (Å²) in [6.45, 7) is 2.77. The number of nitrogens with one attached hydrogen (secondary N) is 1. The van der Waals surface area contributed by atoms with Gasteiger partial charge >= 0.3 is 0 Å². The van der Waals surface area contributed by atoms with Gasteiger partial charge in [0, 0.05) is 50.5 Å². The minimum absolute atomic E-state index is 0.131. The number of rotatable bonds is 4. The third-order valence-electron chi connectivity index (χ3n) is 4.50. The van der Waals surface area contributed by atoms with Crippen molar-refractivity contribution in [3.63, 3.8) is 0 Å². The zero-order chi connectivity index (χ0) is 17.1. The Kier molecular flexibility index (Phi) is 4.39. The molecule has 0 aromatic carbocycles. The fraction of sp³-hybridized carbons (Fsp3) is 0.333. The summed E-state index contributed by atoms with van der Waals surface area (Å²) in [4.78, 5) is 27.6. The summed E-state index contributed by atoms with van der Waals surface area (Å²) in [6, 6.07) is 7.99. The summed E-state index contributed by atoms with van der Waals surface area (Å²) in [5.41, 5.74) is 1.50. The molecule has 1 saturated heterocycles.